The van der Waals surface area contributed by atoms with E-state index in [9.17, 15) is 19.8 Å². The van der Waals surface area contributed by atoms with E-state index in [-0.39, 0.29) is 22.7 Å². The maximum atomic E-state index is 13.3. The van der Waals surface area contributed by atoms with Crippen LogP contribution in [0.2, 0.25) is 0 Å². The lowest BCUT2D eigenvalue weighted by atomic mass is 9.92. The number of benzene rings is 4. The maximum absolute atomic E-state index is 13.3. The second-order valence-corrected chi connectivity index (χ2v) is 13.9. The number of ether oxygens (including phenoxy) is 4. The Balaban J connectivity index is 2.11. The number of carbonyl (C=O) groups is 2. The van der Waals surface area contributed by atoms with Gasteiger partial charge >= 0.3 is 0 Å². The van der Waals surface area contributed by atoms with Crippen LogP contribution in [0.5, 0.6) is 23.0 Å². The number of Topliss-reactive ketones (excluding diaryl/α,β-unsaturated/α-hetero) is 2. The van der Waals surface area contributed by atoms with Crippen molar-refractivity contribution in [1.82, 2.24) is 0 Å². The Hall–Kier alpha value is -6.16. The smallest absolute Gasteiger partial charge is 0.165 e. The summed E-state index contributed by atoms with van der Waals surface area (Å²) in [4.78, 5) is 36.6. The summed E-state index contributed by atoms with van der Waals surface area (Å²) in [5, 5.41) is 23.4. The molecular formula is C46H52N2O8. The molecule has 0 radical (unpaired) electrons. The molecule has 294 valence electrons. The molecule has 0 heterocycles. The van der Waals surface area contributed by atoms with Crippen LogP contribution < -0.4 is 18.9 Å². The molecule has 0 aliphatic heterocycles. The summed E-state index contributed by atoms with van der Waals surface area (Å²) in [5.41, 5.74) is 7.41. The number of rotatable bonds is 15. The Labute approximate surface area is 329 Å². The molecule has 0 saturated heterocycles. The first kappa shape index (κ1) is 42.6. The van der Waals surface area contributed by atoms with Crippen molar-refractivity contribution in [3.05, 3.63) is 127 Å². The van der Waals surface area contributed by atoms with Gasteiger partial charge in [0.2, 0.25) is 0 Å². The summed E-state index contributed by atoms with van der Waals surface area (Å²) in [5.74, 6) is 0.622. The van der Waals surface area contributed by atoms with Gasteiger partial charge in [0.1, 0.15) is 46.6 Å². The lowest BCUT2D eigenvalue weighted by Gasteiger charge is -2.24. The molecule has 10 heteroatoms. The molecule has 0 aliphatic carbocycles. The van der Waals surface area contributed by atoms with Crippen molar-refractivity contribution >= 4 is 35.5 Å². The molecule has 0 aliphatic rings. The fraction of sp³-hybridized carbons (Fsp3) is 0.304. The molecule has 0 aromatic heterocycles. The van der Waals surface area contributed by atoms with E-state index >= 15 is 0 Å². The van der Waals surface area contributed by atoms with Gasteiger partial charge in [0.15, 0.2) is 11.6 Å². The molecule has 0 bridgehead atoms. The van der Waals surface area contributed by atoms with Crippen molar-refractivity contribution in [2.45, 2.75) is 67.5 Å². The summed E-state index contributed by atoms with van der Waals surface area (Å²) in [6, 6.07) is 16.4. The third-order valence-corrected chi connectivity index (χ3v) is 9.55. The second kappa shape index (κ2) is 18.4. The number of hydrogen-bond acceptors (Lipinski definition) is 10. The number of carbonyl (C=O) groups excluding carboxylic acids is 2. The van der Waals surface area contributed by atoms with E-state index in [4.69, 9.17) is 28.9 Å². The fourth-order valence-electron chi connectivity index (χ4n) is 7.02. The van der Waals surface area contributed by atoms with E-state index in [1.807, 2.05) is 65.8 Å². The van der Waals surface area contributed by atoms with Gasteiger partial charge in [-0.3, -0.25) is 19.6 Å². The van der Waals surface area contributed by atoms with Crippen molar-refractivity contribution in [3.63, 3.8) is 0 Å². The molecule has 4 aromatic rings. The van der Waals surface area contributed by atoms with E-state index in [2.05, 4.69) is 0 Å². The molecule has 0 saturated carbocycles. The monoisotopic (exact) mass is 760 g/mol. The van der Waals surface area contributed by atoms with Crippen LogP contribution >= 0.6 is 0 Å². The van der Waals surface area contributed by atoms with Gasteiger partial charge in [-0.15, -0.1) is 0 Å². The number of allylic oxidation sites excluding steroid dienone is 2. The Morgan fingerprint density at radius 2 is 0.768 bits per heavy atom. The number of aliphatic imine (C=N–C) groups is 2. The summed E-state index contributed by atoms with van der Waals surface area (Å²) < 4.78 is 22.6. The minimum absolute atomic E-state index is 0.0156. The third kappa shape index (κ3) is 9.73. The highest BCUT2D eigenvalue weighted by Crippen LogP contribution is 2.41. The number of aryl methyl sites for hydroxylation is 6. The maximum Gasteiger partial charge on any atom is 0.165 e. The van der Waals surface area contributed by atoms with Crippen LogP contribution in [0.3, 0.4) is 0 Å². The van der Waals surface area contributed by atoms with E-state index in [1.54, 1.807) is 36.4 Å². The predicted octanol–water partition coefficient (Wildman–Crippen LogP) is 9.61. The van der Waals surface area contributed by atoms with Crippen LogP contribution in [-0.4, -0.2) is 62.6 Å². The zero-order valence-electron chi connectivity index (χ0n) is 34.3. The second-order valence-electron chi connectivity index (χ2n) is 13.9. The number of aliphatic hydroxyl groups is 2. The summed E-state index contributed by atoms with van der Waals surface area (Å²) in [6.45, 7) is 14.2. The van der Waals surface area contributed by atoms with Gasteiger partial charge in [-0.2, -0.15) is 0 Å². The van der Waals surface area contributed by atoms with Crippen molar-refractivity contribution in [1.29, 1.82) is 0 Å². The first-order valence-electron chi connectivity index (χ1n) is 18.1. The Morgan fingerprint density at radius 1 is 0.500 bits per heavy atom. The standard InChI is InChI=1S/C46H52N2O8/c1-25-13-27(3)41(28(4)14-25)45(51)39(31(7)49)23-47-43(33-17-35(53-9)21-36(18-33)54-10)44(34-19-37(55-11)22-38(20-34)56-12)48-24-40(32(8)50)46(52)42-29(5)15-26(2)16-30(42)6/h13-24,43-44,51-52H,1-12H3/t43-,44-/m0/s1. The molecule has 2 atom stereocenters. The van der Waals surface area contributed by atoms with Crippen molar-refractivity contribution in [2.24, 2.45) is 9.98 Å². The molecule has 4 rings (SSSR count). The number of nitrogens with zero attached hydrogens (tertiary/aromatic N) is 2. The van der Waals surface area contributed by atoms with Crippen molar-refractivity contribution < 1.29 is 38.7 Å². The normalized spacial score (nSPS) is 13.6. The van der Waals surface area contributed by atoms with Crippen molar-refractivity contribution in [3.8, 4) is 23.0 Å². The average molecular weight is 761 g/mol. The van der Waals surface area contributed by atoms with Crippen LogP contribution in [0.25, 0.3) is 11.5 Å². The van der Waals surface area contributed by atoms with E-state index in [0.29, 0.717) is 45.3 Å². The highest BCUT2D eigenvalue weighted by molar-refractivity contribution is 6.18. The van der Waals surface area contributed by atoms with Gasteiger partial charge in [-0.25, -0.2) is 0 Å². The largest absolute Gasteiger partial charge is 0.506 e. The van der Waals surface area contributed by atoms with Gasteiger partial charge < -0.3 is 29.2 Å². The van der Waals surface area contributed by atoms with Crippen LogP contribution in [0.15, 0.2) is 81.8 Å². The van der Waals surface area contributed by atoms with E-state index in [1.165, 1.54) is 54.7 Å². The minimum atomic E-state index is -0.951. The van der Waals surface area contributed by atoms with Crippen LogP contribution in [0, 0.1) is 41.5 Å². The first-order chi connectivity index (χ1) is 26.5. The van der Waals surface area contributed by atoms with Gasteiger partial charge in [0.25, 0.3) is 0 Å². The molecule has 0 amide bonds. The predicted molar refractivity (Wildman–Crippen MR) is 223 cm³/mol. The molecular weight excluding hydrogens is 709 g/mol. The van der Waals surface area contributed by atoms with Gasteiger partial charge in [-0.05, 0) is 113 Å². The minimum Gasteiger partial charge on any atom is -0.506 e. The molecule has 10 nitrogen and oxygen atoms in total. The Morgan fingerprint density at radius 3 is 1.00 bits per heavy atom. The zero-order chi connectivity index (χ0) is 41.4. The van der Waals surface area contributed by atoms with Crippen LogP contribution in [0.1, 0.15) is 81.6 Å². The zero-order valence-corrected chi connectivity index (χ0v) is 34.3. The van der Waals surface area contributed by atoms with Crippen LogP contribution in [-0.2, 0) is 9.59 Å². The summed E-state index contributed by atoms with van der Waals surface area (Å²) in [7, 11) is 6.12. The van der Waals surface area contributed by atoms with E-state index in [0.717, 1.165) is 33.4 Å². The lowest BCUT2D eigenvalue weighted by Crippen LogP contribution is -2.13. The quantitative estimate of drug-likeness (QED) is 0.0695. The molecule has 4 aromatic carbocycles. The molecule has 0 unspecified atom stereocenters. The fourth-order valence-corrected chi connectivity index (χ4v) is 7.02. The SMILES string of the molecule is COc1cc(OC)cc([C@H](N=CC(C(C)=O)=C(O)c2c(C)cc(C)cc2C)[C@@H](N=CC(C(C)=O)=C(O)c2c(C)cc(C)cc2C)c2cc(OC)cc(OC)c2)c1. The van der Waals surface area contributed by atoms with E-state index < -0.39 is 23.7 Å². The highest BCUT2D eigenvalue weighted by Gasteiger charge is 2.28. The summed E-state index contributed by atoms with van der Waals surface area (Å²) in [6.07, 6.45) is 2.70. The number of aliphatic hydroxyl groups excluding tert-OH is 2. The molecule has 0 spiro atoms. The van der Waals surface area contributed by atoms with Gasteiger partial charge in [0, 0.05) is 35.7 Å². The number of methoxy groups -OCH3 is 4. The van der Waals surface area contributed by atoms with Crippen LogP contribution in [0.4, 0.5) is 0 Å². The number of hydrogen-bond donors (Lipinski definition) is 2. The van der Waals surface area contributed by atoms with Gasteiger partial charge in [-0.1, -0.05) is 35.4 Å². The Kier molecular flexibility index (Phi) is 14.0. The molecule has 56 heavy (non-hydrogen) atoms. The van der Waals surface area contributed by atoms with Crippen molar-refractivity contribution in [2.75, 3.05) is 28.4 Å². The third-order valence-electron chi connectivity index (χ3n) is 9.55. The lowest BCUT2D eigenvalue weighted by molar-refractivity contribution is -0.114. The average Bonchev–Trinajstić information content (AvgIpc) is 3.13. The molecule has 0 fully saturated rings. The highest BCUT2D eigenvalue weighted by atomic mass is 16.5. The van der Waals surface area contributed by atoms with Gasteiger partial charge in [0.05, 0.1) is 39.6 Å². The first-order valence-corrected chi connectivity index (χ1v) is 18.1. The molecule has 2 N–H and O–H groups in total. The topological polar surface area (TPSA) is 136 Å². The number of ketones is 2. The Bertz CT molecular complexity index is 2010. The summed E-state index contributed by atoms with van der Waals surface area (Å²) >= 11 is 0.